The number of nitrogens with one attached hydrogen (secondary N) is 2. The second kappa shape index (κ2) is 6.96. The van der Waals surface area contributed by atoms with E-state index in [0.29, 0.717) is 12.6 Å². The standard InChI is InChI=1S/C13H19IN2O/c1-4-15-10(3)8-16-13(17)11-7-5-6-9(2)12(11)14/h5-7,10,15H,4,8H2,1-3H3,(H,16,17)/t10-/m1/s1. The van der Waals surface area contributed by atoms with Crippen molar-refractivity contribution in [2.24, 2.45) is 0 Å². The Morgan fingerprint density at radius 2 is 2.18 bits per heavy atom. The molecule has 1 amide bonds. The van der Waals surface area contributed by atoms with Crippen LogP contribution in [0.15, 0.2) is 18.2 Å². The molecule has 0 heterocycles. The van der Waals surface area contributed by atoms with E-state index in [-0.39, 0.29) is 5.91 Å². The minimum absolute atomic E-state index is 0.00264. The van der Waals surface area contributed by atoms with Crippen LogP contribution in [0.25, 0.3) is 0 Å². The lowest BCUT2D eigenvalue weighted by atomic mass is 10.1. The summed E-state index contributed by atoms with van der Waals surface area (Å²) in [5.74, 6) is 0.00264. The zero-order chi connectivity index (χ0) is 12.8. The maximum Gasteiger partial charge on any atom is 0.252 e. The lowest BCUT2D eigenvalue weighted by Crippen LogP contribution is -2.39. The topological polar surface area (TPSA) is 41.1 Å². The van der Waals surface area contributed by atoms with Gasteiger partial charge >= 0.3 is 0 Å². The number of aryl methyl sites for hydroxylation is 1. The summed E-state index contributed by atoms with van der Waals surface area (Å²) < 4.78 is 1.03. The summed E-state index contributed by atoms with van der Waals surface area (Å²) in [7, 11) is 0. The number of rotatable bonds is 5. The van der Waals surface area contributed by atoms with Crippen LogP contribution in [0, 0.1) is 10.5 Å². The SMILES string of the molecule is CCN[C@H](C)CNC(=O)c1cccc(C)c1I. The molecule has 0 unspecified atom stereocenters. The first kappa shape index (κ1) is 14.4. The molecular formula is C13H19IN2O. The highest BCUT2D eigenvalue weighted by molar-refractivity contribution is 14.1. The van der Waals surface area contributed by atoms with Gasteiger partial charge in [0.2, 0.25) is 0 Å². The average Bonchev–Trinajstić information content (AvgIpc) is 2.30. The third-order valence-corrected chi connectivity index (χ3v) is 3.99. The van der Waals surface area contributed by atoms with E-state index in [1.807, 2.05) is 25.1 Å². The predicted octanol–water partition coefficient (Wildman–Crippen LogP) is 2.33. The Balaban J connectivity index is 2.61. The van der Waals surface area contributed by atoms with Gasteiger partial charge in [0.1, 0.15) is 0 Å². The van der Waals surface area contributed by atoms with Gasteiger partial charge in [-0.1, -0.05) is 19.1 Å². The quantitative estimate of drug-likeness (QED) is 0.804. The smallest absolute Gasteiger partial charge is 0.252 e. The summed E-state index contributed by atoms with van der Waals surface area (Å²) in [4.78, 5) is 12.0. The van der Waals surface area contributed by atoms with Crippen LogP contribution in [-0.2, 0) is 0 Å². The van der Waals surface area contributed by atoms with E-state index in [4.69, 9.17) is 0 Å². The van der Waals surface area contributed by atoms with Gasteiger partial charge in [-0.05, 0) is 54.6 Å². The third-order valence-electron chi connectivity index (χ3n) is 2.56. The van der Waals surface area contributed by atoms with Gasteiger partial charge in [-0.15, -0.1) is 0 Å². The highest BCUT2D eigenvalue weighted by Gasteiger charge is 2.11. The molecule has 0 aliphatic rings. The summed E-state index contributed by atoms with van der Waals surface area (Å²) in [6, 6.07) is 6.09. The molecule has 2 N–H and O–H groups in total. The zero-order valence-corrected chi connectivity index (χ0v) is 12.7. The molecule has 0 radical (unpaired) electrons. The summed E-state index contributed by atoms with van der Waals surface area (Å²) >= 11 is 2.22. The molecule has 94 valence electrons. The van der Waals surface area contributed by atoms with Crippen LogP contribution in [0.3, 0.4) is 0 Å². The van der Waals surface area contributed by atoms with Gasteiger partial charge in [-0.2, -0.15) is 0 Å². The second-order valence-corrected chi connectivity index (χ2v) is 5.18. The van der Waals surface area contributed by atoms with Gasteiger partial charge < -0.3 is 10.6 Å². The van der Waals surface area contributed by atoms with Crippen LogP contribution in [0.5, 0.6) is 0 Å². The van der Waals surface area contributed by atoms with Gasteiger partial charge in [0, 0.05) is 16.2 Å². The number of carbonyl (C=O) groups is 1. The van der Waals surface area contributed by atoms with Crippen LogP contribution in [0.4, 0.5) is 0 Å². The number of hydrogen-bond donors (Lipinski definition) is 2. The highest BCUT2D eigenvalue weighted by atomic mass is 127. The first-order valence-electron chi connectivity index (χ1n) is 5.83. The Hall–Kier alpha value is -0.620. The fourth-order valence-electron chi connectivity index (χ4n) is 1.58. The van der Waals surface area contributed by atoms with Crippen molar-refractivity contribution in [1.82, 2.24) is 10.6 Å². The lowest BCUT2D eigenvalue weighted by molar-refractivity contribution is 0.0949. The van der Waals surface area contributed by atoms with E-state index < -0.39 is 0 Å². The molecule has 3 nitrogen and oxygen atoms in total. The van der Waals surface area contributed by atoms with E-state index in [9.17, 15) is 4.79 Å². The van der Waals surface area contributed by atoms with Crippen molar-refractivity contribution in [1.29, 1.82) is 0 Å². The monoisotopic (exact) mass is 346 g/mol. The van der Waals surface area contributed by atoms with Crippen molar-refractivity contribution in [2.45, 2.75) is 26.8 Å². The van der Waals surface area contributed by atoms with Crippen LogP contribution in [0.2, 0.25) is 0 Å². The normalized spacial score (nSPS) is 12.2. The number of benzene rings is 1. The Morgan fingerprint density at radius 3 is 2.82 bits per heavy atom. The highest BCUT2D eigenvalue weighted by Crippen LogP contribution is 2.16. The third kappa shape index (κ3) is 4.27. The van der Waals surface area contributed by atoms with Gasteiger partial charge in [-0.3, -0.25) is 4.79 Å². The van der Waals surface area contributed by atoms with E-state index in [1.165, 1.54) is 0 Å². The Kier molecular flexibility index (Phi) is 5.91. The minimum Gasteiger partial charge on any atom is -0.350 e. The van der Waals surface area contributed by atoms with Gasteiger partial charge in [-0.25, -0.2) is 0 Å². The molecule has 1 aromatic carbocycles. The summed E-state index contributed by atoms with van der Waals surface area (Å²) in [5, 5.41) is 6.21. The molecule has 0 saturated carbocycles. The largest absolute Gasteiger partial charge is 0.350 e. The average molecular weight is 346 g/mol. The predicted molar refractivity (Wildman–Crippen MR) is 79.4 cm³/mol. The van der Waals surface area contributed by atoms with Gasteiger partial charge in [0.15, 0.2) is 0 Å². The van der Waals surface area contributed by atoms with Crippen molar-refractivity contribution in [2.75, 3.05) is 13.1 Å². The molecule has 0 bridgehead atoms. The summed E-state index contributed by atoms with van der Waals surface area (Å²) in [6.07, 6.45) is 0. The van der Waals surface area contributed by atoms with Crippen LogP contribution in [-0.4, -0.2) is 25.0 Å². The number of likely N-dealkylation sites (N-methyl/N-ethyl adjacent to an activating group) is 1. The molecule has 4 heteroatoms. The summed E-state index contributed by atoms with van der Waals surface area (Å²) in [6.45, 7) is 7.70. The maximum absolute atomic E-state index is 12.0. The van der Waals surface area contributed by atoms with Crippen LogP contribution in [0.1, 0.15) is 29.8 Å². The van der Waals surface area contributed by atoms with Crippen molar-refractivity contribution in [3.05, 3.63) is 32.9 Å². The van der Waals surface area contributed by atoms with Gasteiger partial charge in [0.05, 0.1) is 5.56 Å². The van der Waals surface area contributed by atoms with Crippen LogP contribution < -0.4 is 10.6 Å². The van der Waals surface area contributed by atoms with Crippen molar-refractivity contribution >= 4 is 28.5 Å². The maximum atomic E-state index is 12.0. The first-order valence-corrected chi connectivity index (χ1v) is 6.90. The molecule has 0 spiro atoms. The van der Waals surface area contributed by atoms with E-state index in [0.717, 1.165) is 21.2 Å². The Morgan fingerprint density at radius 1 is 1.47 bits per heavy atom. The zero-order valence-electron chi connectivity index (χ0n) is 10.5. The van der Waals surface area contributed by atoms with Crippen molar-refractivity contribution in [3.8, 4) is 0 Å². The molecular weight excluding hydrogens is 327 g/mol. The molecule has 0 aliphatic carbocycles. The number of carbonyl (C=O) groups excluding carboxylic acids is 1. The van der Waals surface area contributed by atoms with Crippen molar-refractivity contribution < 1.29 is 4.79 Å². The molecule has 1 aromatic rings. The molecule has 1 atom stereocenters. The molecule has 0 aromatic heterocycles. The fourth-order valence-corrected chi connectivity index (χ4v) is 2.19. The summed E-state index contributed by atoms with van der Waals surface area (Å²) in [5.41, 5.74) is 1.90. The van der Waals surface area contributed by atoms with E-state index >= 15 is 0 Å². The molecule has 1 rings (SSSR count). The fraction of sp³-hybridized carbons (Fsp3) is 0.462. The molecule has 0 fully saturated rings. The van der Waals surface area contributed by atoms with E-state index in [2.05, 4.69) is 47.1 Å². The van der Waals surface area contributed by atoms with Crippen molar-refractivity contribution in [3.63, 3.8) is 0 Å². The number of hydrogen-bond acceptors (Lipinski definition) is 2. The van der Waals surface area contributed by atoms with Crippen LogP contribution >= 0.6 is 22.6 Å². The Labute approximate surface area is 117 Å². The lowest BCUT2D eigenvalue weighted by Gasteiger charge is -2.14. The van der Waals surface area contributed by atoms with Gasteiger partial charge in [0.25, 0.3) is 5.91 Å². The number of amides is 1. The second-order valence-electron chi connectivity index (χ2n) is 4.11. The minimum atomic E-state index is 0.00264. The molecule has 0 saturated heterocycles. The first-order chi connectivity index (χ1) is 8.06. The Bertz CT molecular complexity index is 393. The molecule has 17 heavy (non-hydrogen) atoms. The van der Waals surface area contributed by atoms with E-state index in [1.54, 1.807) is 0 Å². The number of halogens is 1. The molecule has 0 aliphatic heterocycles.